The number of aromatic nitrogens is 1. The first-order valence-electron chi connectivity index (χ1n) is 8.27. The molecule has 1 aromatic heterocycles. The fourth-order valence-corrected chi connectivity index (χ4v) is 3.64. The molecule has 1 aromatic carbocycles. The Balaban J connectivity index is 2.04. The molecule has 1 aliphatic heterocycles. The maximum atomic E-state index is 11.6. The number of carbonyl (C=O) groups is 1. The number of esters is 1. The minimum atomic E-state index is -0.251. The van der Waals surface area contributed by atoms with E-state index < -0.39 is 0 Å². The molecule has 122 valence electrons. The van der Waals surface area contributed by atoms with Crippen molar-refractivity contribution in [1.82, 2.24) is 4.98 Å². The van der Waals surface area contributed by atoms with Crippen molar-refractivity contribution in [2.75, 3.05) is 25.1 Å². The molecule has 1 saturated heterocycles. The summed E-state index contributed by atoms with van der Waals surface area (Å²) in [6, 6.07) is 10.2. The second kappa shape index (κ2) is 6.57. The summed E-state index contributed by atoms with van der Waals surface area (Å²) in [5, 5.41) is 1.16. The second-order valence-corrected chi connectivity index (χ2v) is 6.75. The zero-order chi connectivity index (χ0) is 16.4. The highest BCUT2D eigenvalue weighted by atomic mass is 16.5. The Morgan fingerprint density at radius 2 is 1.96 bits per heavy atom. The zero-order valence-electron chi connectivity index (χ0n) is 14.1. The van der Waals surface area contributed by atoms with Crippen LogP contribution in [0.15, 0.2) is 30.3 Å². The first-order valence-corrected chi connectivity index (χ1v) is 8.27. The molecule has 4 nitrogen and oxygen atoms in total. The molecule has 0 saturated carbocycles. The highest BCUT2D eigenvalue weighted by molar-refractivity contribution is 5.92. The minimum absolute atomic E-state index is 0.216. The summed E-state index contributed by atoms with van der Waals surface area (Å²) >= 11 is 0. The van der Waals surface area contributed by atoms with Gasteiger partial charge in [-0.2, -0.15) is 0 Å². The molecule has 2 heterocycles. The predicted molar refractivity (Wildman–Crippen MR) is 92.6 cm³/mol. The maximum Gasteiger partial charge on any atom is 0.311 e. The molecule has 0 amide bonds. The highest BCUT2D eigenvalue weighted by Crippen LogP contribution is 2.32. The van der Waals surface area contributed by atoms with Crippen LogP contribution in [0.4, 0.5) is 5.69 Å². The smallest absolute Gasteiger partial charge is 0.311 e. The van der Waals surface area contributed by atoms with Gasteiger partial charge in [-0.05, 0) is 30.4 Å². The number of hydrogen-bond acceptors (Lipinski definition) is 4. The van der Waals surface area contributed by atoms with Crippen molar-refractivity contribution < 1.29 is 9.53 Å². The van der Waals surface area contributed by atoms with Gasteiger partial charge < -0.3 is 9.64 Å². The number of benzene rings is 1. The van der Waals surface area contributed by atoms with Crippen molar-refractivity contribution >= 4 is 22.6 Å². The van der Waals surface area contributed by atoms with Crippen molar-refractivity contribution in [2.45, 2.75) is 26.7 Å². The summed E-state index contributed by atoms with van der Waals surface area (Å²) in [4.78, 5) is 18.7. The van der Waals surface area contributed by atoms with Crippen LogP contribution in [-0.2, 0) is 16.0 Å². The van der Waals surface area contributed by atoms with Gasteiger partial charge in [0.25, 0.3) is 0 Å². The molecule has 1 fully saturated rings. The lowest BCUT2D eigenvalue weighted by molar-refractivity contribution is -0.139. The van der Waals surface area contributed by atoms with Gasteiger partial charge in [0, 0.05) is 24.2 Å². The van der Waals surface area contributed by atoms with Crippen molar-refractivity contribution in [3.63, 3.8) is 0 Å². The van der Waals surface area contributed by atoms with Crippen molar-refractivity contribution in [3.05, 3.63) is 36.0 Å². The van der Waals surface area contributed by atoms with Gasteiger partial charge in [-0.25, -0.2) is 0 Å². The molecule has 0 N–H and O–H groups in total. The zero-order valence-corrected chi connectivity index (χ0v) is 14.1. The third-order valence-corrected chi connectivity index (χ3v) is 4.51. The van der Waals surface area contributed by atoms with E-state index in [1.807, 2.05) is 18.2 Å². The number of pyridine rings is 1. The number of hydrogen-bond donors (Lipinski definition) is 0. The number of carbonyl (C=O) groups excluding carboxylic acids is 1. The number of anilines is 1. The van der Waals surface area contributed by atoms with Crippen molar-refractivity contribution in [1.29, 1.82) is 0 Å². The molecular weight excluding hydrogens is 288 g/mol. The molecule has 0 radical (unpaired) electrons. The second-order valence-electron chi connectivity index (χ2n) is 6.75. The molecule has 3 rings (SSSR count). The van der Waals surface area contributed by atoms with Crippen LogP contribution in [0.3, 0.4) is 0 Å². The molecule has 23 heavy (non-hydrogen) atoms. The number of nitrogens with zero attached hydrogens (tertiary/aromatic N) is 2. The van der Waals surface area contributed by atoms with E-state index in [1.54, 1.807) is 0 Å². The van der Waals surface area contributed by atoms with E-state index in [9.17, 15) is 4.79 Å². The number of fused-ring (bicyclic) bond motifs is 1. The van der Waals surface area contributed by atoms with E-state index in [1.165, 1.54) is 19.2 Å². The van der Waals surface area contributed by atoms with Crippen LogP contribution in [0, 0.1) is 11.8 Å². The first-order chi connectivity index (χ1) is 11.1. The Kier molecular flexibility index (Phi) is 4.51. The Morgan fingerprint density at radius 1 is 1.26 bits per heavy atom. The van der Waals surface area contributed by atoms with E-state index in [2.05, 4.69) is 35.9 Å². The third-order valence-electron chi connectivity index (χ3n) is 4.51. The molecule has 2 aromatic rings. The van der Waals surface area contributed by atoms with Crippen LogP contribution in [0.1, 0.15) is 26.0 Å². The fourth-order valence-electron chi connectivity index (χ4n) is 3.64. The Morgan fingerprint density at radius 3 is 2.65 bits per heavy atom. The van der Waals surface area contributed by atoms with Gasteiger partial charge in [-0.1, -0.05) is 32.0 Å². The average molecular weight is 312 g/mol. The number of para-hydroxylation sites is 1. The van der Waals surface area contributed by atoms with E-state index in [4.69, 9.17) is 4.74 Å². The summed E-state index contributed by atoms with van der Waals surface area (Å²) < 4.78 is 4.79. The molecule has 0 spiro atoms. The van der Waals surface area contributed by atoms with Crippen LogP contribution in [0.5, 0.6) is 0 Å². The predicted octanol–water partition coefficient (Wildman–Crippen LogP) is 3.43. The van der Waals surface area contributed by atoms with E-state index >= 15 is 0 Å². The first kappa shape index (κ1) is 15.8. The minimum Gasteiger partial charge on any atom is -0.469 e. The molecular formula is C19H24N2O2. The summed E-state index contributed by atoms with van der Waals surface area (Å²) in [5.74, 6) is 1.10. The van der Waals surface area contributed by atoms with Crippen LogP contribution in [0.25, 0.3) is 10.9 Å². The Labute approximate surface area is 137 Å². The Hall–Kier alpha value is -2.10. The summed E-state index contributed by atoms with van der Waals surface area (Å²) in [6.45, 7) is 6.72. The highest BCUT2D eigenvalue weighted by Gasteiger charge is 2.24. The quantitative estimate of drug-likeness (QED) is 0.814. The standard InChI is InChI=1S/C19H24N2O2/c1-13-8-14(2)12-21(11-13)18-9-15(10-19(22)23-3)20-17-7-5-4-6-16(17)18/h4-7,9,13-14H,8,10-12H2,1-3H3. The van der Waals surface area contributed by atoms with Crippen LogP contribution in [0.2, 0.25) is 0 Å². The van der Waals surface area contributed by atoms with Gasteiger partial charge in [0.1, 0.15) is 0 Å². The normalized spacial score (nSPS) is 21.4. The molecule has 0 bridgehead atoms. The fraction of sp³-hybridized carbons (Fsp3) is 0.474. The lowest BCUT2D eigenvalue weighted by Crippen LogP contribution is -2.38. The summed E-state index contributed by atoms with van der Waals surface area (Å²) in [6.07, 6.45) is 1.49. The van der Waals surface area contributed by atoms with Gasteiger partial charge in [0.05, 0.1) is 24.7 Å². The number of piperidine rings is 1. The van der Waals surface area contributed by atoms with Crippen LogP contribution in [-0.4, -0.2) is 31.2 Å². The number of rotatable bonds is 3. The maximum absolute atomic E-state index is 11.6. The van der Waals surface area contributed by atoms with E-state index in [0.29, 0.717) is 11.8 Å². The van der Waals surface area contributed by atoms with E-state index in [-0.39, 0.29) is 12.4 Å². The van der Waals surface area contributed by atoms with Gasteiger partial charge >= 0.3 is 5.97 Å². The molecule has 4 heteroatoms. The summed E-state index contributed by atoms with van der Waals surface area (Å²) in [7, 11) is 1.41. The molecule has 0 aliphatic carbocycles. The van der Waals surface area contributed by atoms with Crippen molar-refractivity contribution in [3.8, 4) is 0 Å². The molecule has 2 atom stereocenters. The monoisotopic (exact) mass is 312 g/mol. The van der Waals surface area contributed by atoms with Crippen molar-refractivity contribution in [2.24, 2.45) is 11.8 Å². The summed E-state index contributed by atoms with van der Waals surface area (Å²) in [5.41, 5.74) is 2.90. The van der Waals surface area contributed by atoms with Gasteiger partial charge in [0.15, 0.2) is 0 Å². The van der Waals surface area contributed by atoms with E-state index in [0.717, 1.165) is 29.7 Å². The van der Waals surface area contributed by atoms with Crippen LogP contribution >= 0.6 is 0 Å². The molecule has 1 aliphatic rings. The van der Waals surface area contributed by atoms with Crippen LogP contribution < -0.4 is 4.90 Å². The Bertz CT molecular complexity index is 704. The number of ether oxygens (including phenoxy) is 1. The van der Waals surface area contributed by atoms with Gasteiger partial charge in [-0.3, -0.25) is 9.78 Å². The molecule has 2 unspecified atom stereocenters. The van der Waals surface area contributed by atoms with Gasteiger partial charge in [-0.15, -0.1) is 0 Å². The average Bonchev–Trinajstić information content (AvgIpc) is 2.53. The largest absolute Gasteiger partial charge is 0.469 e. The third kappa shape index (κ3) is 3.46. The van der Waals surface area contributed by atoms with Gasteiger partial charge in [0.2, 0.25) is 0 Å². The lowest BCUT2D eigenvalue weighted by Gasteiger charge is -2.37. The number of methoxy groups -OCH3 is 1. The lowest BCUT2D eigenvalue weighted by atomic mass is 9.91. The SMILES string of the molecule is COC(=O)Cc1cc(N2CC(C)CC(C)C2)c2ccccc2n1. The topological polar surface area (TPSA) is 42.4 Å².